The molecule has 0 aromatic rings. The van der Waals surface area contributed by atoms with Crippen LogP contribution in [0.25, 0.3) is 0 Å². The third-order valence-corrected chi connectivity index (χ3v) is 2.86. The second kappa shape index (κ2) is 4.33. The molecule has 0 N–H and O–H groups in total. The van der Waals surface area contributed by atoms with Crippen molar-refractivity contribution in [3.05, 3.63) is 11.1 Å². The first-order valence-corrected chi connectivity index (χ1v) is 5.10. The van der Waals surface area contributed by atoms with Crippen LogP contribution >= 0.6 is 25.3 Å². The van der Waals surface area contributed by atoms with E-state index in [2.05, 4.69) is 32.2 Å². The lowest BCUT2D eigenvalue weighted by Crippen LogP contribution is -2.14. The predicted molar refractivity (Wildman–Crippen MR) is 58.0 cm³/mol. The molecule has 2 nitrogen and oxygen atoms in total. The largest absolute Gasteiger partial charge is 0.282 e. The first-order chi connectivity index (χ1) is 6.02. The molecule has 13 heavy (non-hydrogen) atoms. The van der Waals surface area contributed by atoms with Gasteiger partial charge in [-0.3, -0.25) is 9.59 Å². The van der Waals surface area contributed by atoms with Gasteiger partial charge in [-0.15, -0.1) is 25.3 Å². The summed E-state index contributed by atoms with van der Waals surface area (Å²) in [5.74, 6) is 0.461. The summed E-state index contributed by atoms with van der Waals surface area (Å²) in [5, 5.41) is -0.576. The van der Waals surface area contributed by atoms with Crippen LogP contribution in [0.1, 0.15) is 26.2 Å². The minimum atomic E-state index is -0.288. The number of carbonyl (C=O) groups is 2. The molecule has 0 amide bonds. The minimum Gasteiger partial charge on any atom is -0.282 e. The highest BCUT2D eigenvalue weighted by Gasteiger charge is 2.23. The first-order valence-electron chi connectivity index (χ1n) is 4.21. The summed E-state index contributed by atoms with van der Waals surface area (Å²) in [6.45, 7) is 2.07. The standard InChI is InChI=1S/C9H12O2S2/c1-5-2-3-6(8(10)12)7(4-5)9(11)13/h5H,2-4H2,1H3,(H,10,12)(H,11,13). The Kier molecular flexibility index (Phi) is 3.62. The number of rotatable bonds is 2. The van der Waals surface area contributed by atoms with Crippen molar-refractivity contribution in [2.24, 2.45) is 5.92 Å². The van der Waals surface area contributed by atoms with E-state index in [-0.39, 0.29) is 10.2 Å². The lowest BCUT2D eigenvalue weighted by Gasteiger charge is -2.21. The van der Waals surface area contributed by atoms with Crippen molar-refractivity contribution in [1.82, 2.24) is 0 Å². The molecule has 1 atom stereocenters. The van der Waals surface area contributed by atoms with Gasteiger partial charge in [-0.05, 0) is 25.2 Å². The summed E-state index contributed by atoms with van der Waals surface area (Å²) < 4.78 is 0. The van der Waals surface area contributed by atoms with Crippen LogP contribution in [0.15, 0.2) is 11.1 Å². The third kappa shape index (κ3) is 2.61. The number of hydrogen-bond donors (Lipinski definition) is 2. The molecule has 1 rings (SSSR count). The fourth-order valence-corrected chi connectivity index (χ4v) is 2.04. The molecule has 0 fully saturated rings. The van der Waals surface area contributed by atoms with Crippen LogP contribution in [0.2, 0.25) is 0 Å². The molecule has 72 valence electrons. The Bertz CT molecular complexity index is 281. The topological polar surface area (TPSA) is 34.1 Å². The van der Waals surface area contributed by atoms with Crippen molar-refractivity contribution in [3.63, 3.8) is 0 Å². The molecule has 1 aliphatic carbocycles. The summed E-state index contributed by atoms with van der Waals surface area (Å²) in [5.41, 5.74) is 1.11. The Labute approximate surface area is 88.6 Å². The summed E-state index contributed by atoms with van der Waals surface area (Å²) >= 11 is 7.49. The van der Waals surface area contributed by atoms with Crippen molar-refractivity contribution in [2.45, 2.75) is 26.2 Å². The normalized spacial score (nSPS) is 23.2. The molecule has 0 saturated carbocycles. The molecule has 0 aromatic carbocycles. The van der Waals surface area contributed by atoms with E-state index in [1.807, 2.05) is 0 Å². The highest BCUT2D eigenvalue weighted by molar-refractivity contribution is 7.97. The van der Waals surface area contributed by atoms with Crippen LogP contribution in [0.4, 0.5) is 0 Å². The van der Waals surface area contributed by atoms with Gasteiger partial charge in [0.2, 0.25) is 10.2 Å². The van der Waals surface area contributed by atoms with Gasteiger partial charge in [0.15, 0.2) is 0 Å². The summed E-state index contributed by atoms with van der Waals surface area (Å²) in [7, 11) is 0. The van der Waals surface area contributed by atoms with E-state index in [4.69, 9.17) is 0 Å². The Morgan fingerprint density at radius 2 is 1.77 bits per heavy atom. The van der Waals surface area contributed by atoms with Crippen LogP contribution in [-0.2, 0) is 9.59 Å². The highest BCUT2D eigenvalue weighted by Crippen LogP contribution is 2.31. The van der Waals surface area contributed by atoms with Gasteiger partial charge in [-0.1, -0.05) is 6.92 Å². The number of hydrogen-bond acceptors (Lipinski definition) is 2. The second-order valence-electron chi connectivity index (χ2n) is 3.42. The predicted octanol–water partition coefficient (Wildman–Crippen LogP) is 2.02. The zero-order valence-electron chi connectivity index (χ0n) is 7.41. The molecule has 4 heteroatoms. The van der Waals surface area contributed by atoms with Crippen molar-refractivity contribution in [1.29, 1.82) is 0 Å². The van der Waals surface area contributed by atoms with Crippen LogP contribution in [0, 0.1) is 5.92 Å². The van der Waals surface area contributed by atoms with Gasteiger partial charge in [0.25, 0.3) is 0 Å². The van der Waals surface area contributed by atoms with Crippen LogP contribution in [0.3, 0.4) is 0 Å². The van der Waals surface area contributed by atoms with Crippen LogP contribution < -0.4 is 0 Å². The SMILES string of the molecule is CC1CCC(C(=O)S)=C(C(=O)S)C1. The average Bonchev–Trinajstić information content (AvgIpc) is 2.03. The van der Waals surface area contributed by atoms with Gasteiger partial charge in [-0.25, -0.2) is 0 Å². The minimum absolute atomic E-state index is 0.288. The van der Waals surface area contributed by atoms with E-state index < -0.39 is 0 Å². The Balaban J connectivity index is 3.01. The van der Waals surface area contributed by atoms with Crippen molar-refractivity contribution in [2.75, 3.05) is 0 Å². The van der Waals surface area contributed by atoms with E-state index in [1.165, 1.54) is 0 Å². The second-order valence-corrected chi connectivity index (χ2v) is 4.23. The highest BCUT2D eigenvalue weighted by atomic mass is 32.1. The Morgan fingerprint density at radius 3 is 2.23 bits per heavy atom. The van der Waals surface area contributed by atoms with Crippen molar-refractivity contribution < 1.29 is 9.59 Å². The molecule has 0 radical (unpaired) electrons. The van der Waals surface area contributed by atoms with E-state index in [9.17, 15) is 9.59 Å². The maximum atomic E-state index is 11.1. The molecule has 1 unspecified atom stereocenters. The molecule has 0 spiro atoms. The quantitative estimate of drug-likeness (QED) is 0.692. The summed E-state index contributed by atoms with van der Waals surface area (Å²) in [4.78, 5) is 22.1. The zero-order chi connectivity index (χ0) is 10.0. The van der Waals surface area contributed by atoms with Crippen LogP contribution in [0.5, 0.6) is 0 Å². The van der Waals surface area contributed by atoms with Crippen molar-refractivity contribution in [3.8, 4) is 0 Å². The first kappa shape index (κ1) is 10.9. The van der Waals surface area contributed by atoms with E-state index in [0.29, 0.717) is 29.9 Å². The van der Waals surface area contributed by atoms with Crippen LogP contribution in [-0.4, -0.2) is 10.2 Å². The van der Waals surface area contributed by atoms with E-state index in [0.717, 1.165) is 6.42 Å². The zero-order valence-corrected chi connectivity index (χ0v) is 9.20. The van der Waals surface area contributed by atoms with Gasteiger partial charge < -0.3 is 0 Å². The molecular formula is C9H12O2S2. The molecule has 0 aliphatic heterocycles. The third-order valence-electron chi connectivity index (χ3n) is 2.32. The van der Waals surface area contributed by atoms with Gasteiger partial charge in [0.05, 0.1) is 0 Å². The van der Waals surface area contributed by atoms with E-state index >= 15 is 0 Å². The average molecular weight is 216 g/mol. The fourth-order valence-electron chi connectivity index (χ4n) is 1.57. The maximum Gasteiger partial charge on any atom is 0.212 e. The molecule has 0 bridgehead atoms. The smallest absolute Gasteiger partial charge is 0.212 e. The number of carbonyl (C=O) groups excluding carboxylic acids is 2. The molecule has 0 heterocycles. The molecule has 0 saturated heterocycles. The molecular weight excluding hydrogens is 204 g/mol. The molecule has 1 aliphatic rings. The van der Waals surface area contributed by atoms with Gasteiger partial charge in [-0.2, -0.15) is 0 Å². The van der Waals surface area contributed by atoms with Gasteiger partial charge in [0.1, 0.15) is 0 Å². The lowest BCUT2D eigenvalue weighted by molar-refractivity contribution is -0.110. The maximum absolute atomic E-state index is 11.1. The lowest BCUT2D eigenvalue weighted by atomic mass is 9.86. The number of thiol groups is 2. The van der Waals surface area contributed by atoms with E-state index in [1.54, 1.807) is 0 Å². The summed E-state index contributed by atoms with van der Waals surface area (Å²) in [6.07, 6.45) is 2.27. The van der Waals surface area contributed by atoms with Crippen molar-refractivity contribution >= 4 is 35.5 Å². The monoisotopic (exact) mass is 216 g/mol. The Hall–Kier alpha value is -0.220. The fraction of sp³-hybridized carbons (Fsp3) is 0.556. The summed E-state index contributed by atoms with van der Waals surface area (Å²) in [6, 6.07) is 0. The van der Waals surface area contributed by atoms with Gasteiger partial charge >= 0.3 is 0 Å². The Morgan fingerprint density at radius 1 is 1.23 bits per heavy atom. The molecule has 0 aromatic heterocycles. The van der Waals surface area contributed by atoms with Gasteiger partial charge in [0, 0.05) is 11.1 Å².